The number of carbonyl (C=O) groups excluding carboxylic acids is 1. The van der Waals surface area contributed by atoms with Crippen molar-refractivity contribution < 1.29 is 9.18 Å². The lowest BCUT2D eigenvalue weighted by atomic mass is 10.1. The minimum absolute atomic E-state index is 0.0471. The smallest absolute Gasteiger partial charge is 0.224 e. The molecule has 1 aromatic heterocycles. The van der Waals surface area contributed by atoms with Gasteiger partial charge in [0.25, 0.3) is 0 Å². The summed E-state index contributed by atoms with van der Waals surface area (Å²) in [6.45, 7) is 2.64. The quantitative estimate of drug-likeness (QED) is 0.744. The van der Waals surface area contributed by atoms with E-state index in [-0.39, 0.29) is 18.1 Å². The molecule has 1 amide bonds. The number of hydrogen-bond acceptors (Lipinski definition) is 1. The predicted octanol–water partition coefficient (Wildman–Crippen LogP) is 3.52. The molecule has 0 saturated heterocycles. The van der Waals surface area contributed by atoms with Gasteiger partial charge in [0.2, 0.25) is 5.91 Å². The van der Waals surface area contributed by atoms with Crippen LogP contribution in [0.2, 0.25) is 0 Å². The van der Waals surface area contributed by atoms with E-state index in [1.54, 1.807) is 12.1 Å². The van der Waals surface area contributed by atoms with Crippen LogP contribution in [-0.2, 0) is 17.6 Å². The van der Waals surface area contributed by atoms with E-state index in [1.807, 2.05) is 12.1 Å². The van der Waals surface area contributed by atoms with Crippen molar-refractivity contribution in [3.63, 3.8) is 0 Å². The molecule has 2 N–H and O–H groups in total. The third-order valence-corrected chi connectivity index (χ3v) is 4.00. The number of fused-ring (bicyclic) bond motifs is 1. The van der Waals surface area contributed by atoms with Gasteiger partial charge in [0.05, 0.1) is 6.42 Å². The van der Waals surface area contributed by atoms with Crippen LogP contribution < -0.4 is 5.32 Å². The number of rotatable bonds is 5. The van der Waals surface area contributed by atoms with Crippen LogP contribution in [0.4, 0.5) is 4.39 Å². The van der Waals surface area contributed by atoms with Crippen LogP contribution in [-0.4, -0.2) is 17.4 Å². The Balaban J connectivity index is 1.57. The Morgan fingerprint density at radius 2 is 1.87 bits per heavy atom. The normalized spacial score (nSPS) is 10.9. The molecule has 23 heavy (non-hydrogen) atoms. The lowest BCUT2D eigenvalue weighted by Gasteiger charge is -2.06. The van der Waals surface area contributed by atoms with Gasteiger partial charge in [0.1, 0.15) is 5.82 Å². The first-order valence-corrected chi connectivity index (χ1v) is 7.71. The molecular weight excluding hydrogens is 291 g/mol. The number of hydrogen-bond donors (Lipinski definition) is 2. The van der Waals surface area contributed by atoms with Gasteiger partial charge in [-0.15, -0.1) is 0 Å². The van der Waals surface area contributed by atoms with E-state index in [1.165, 1.54) is 23.1 Å². The highest BCUT2D eigenvalue weighted by molar-refractivity contribution is 5.84. The van der Waals surface area contributed by atoms with Crippen molar-refractivity contribution in [3.05, 3.63) is 71.2 Å². The van der Waals surface area contributed by atoms with Gasteiger partial charge in [0.15, 0.2) is 0 Å². The average molecular weight is 310 g/mol. The van der Waals surface area contributed by atoms with Crippen LogP contribution in [0, 0.1) is 12.7 Å². The SMILES string of the molecule is Cc1[nH]c2ccccc2c1CCNC(=O)Cc1ccc(F)cc1. The third kappa shape index (κ3) is 3.59. The fourth-order valence-electron chi connectivity index (χ4n) is 2.83. The van der Waals surface area contributed by atoms with Crippen molar-refractivity contribution in [2.75, 3.05) is 6.54 Å². The minimum atomic E-state index is -0.288. The summed E-state index contributed by atoms with van der Waals surface area (Å²) in [5, 5.41) is 4.14. The fraction of sp³-hybridized carbons (Fsp3) is 0.211. The molecule has 0 spiro atoms. The van der Waals surface area contributed by atoms with E-state index in [9.17, 15) is 9.18 Å². The molecule has 1 heterocycles. The average Bonchev–Trinajstić information content (AvgIpc) is 2.86. The maximum atomic E-state index is 12.8. The van der Waals surface area contributed by atoms with Crippen molar-refractivity contribution in [2.24, 2.45) is 0 Å². The van der Waals surface area contributed by atoms with Gasteiger partial charge in [0, 0.05) is 23.1 Å². The van der Waals surface area contributed by atoms with Gasteiger partial charge in [-0.05, 0) is 42.7 Å². The fourth-order valence-corrected chi connectivity index (χ4v) is 2.83. The van der Waals surface area contributed by atoms with Crippen LogP contribution in [0.5, 0.6) is 0 Å². The molecule has 2 aromatic carbocycles. The molecule has 3 aromatic rings. The third-order valence-electron chi connectivity index (χ3n) is 4.00. The molecule has 0 aliphatic heterocycles. The minimum Gasteiger partial charge on any atom is -0.358 e. The summed E-state index contributed by atoms with van der Waals surface area (Å²) in [5.74, 6) is -0.335. The summed E-state index contributed by atoms with van der Waals surface area (Å²) >= 11 is 0. The summed E-state index contributed by atoms with van der Waals surface area (Å²) in [6, 6.07) is 14.2. The van der Waals surface area contributed by atoms with Gasteiger partial charge in [-0.2, -0.15) is 0 Å². The van der Waals surface area contributed by atoms with E-state index in [4.69, 9.17) is 0 Å². The second-order valence-electron chi connectivity index (χ2n) is 5.68. The summed E-state index contributed by atoms with van der Waals surface area (Å²) < 4.78 is 12.8. The molecule has 4 heteroatoms. The molecule has 0 unspecified atom stereocenters. The van der Waals surface area contributed by atoms with E-state index in [0.29, 0.717) is 6.54 Å². The Morgan fingerprint density at radius 1 is 1.13 bits per heavy atom. The topological polar surface area (TPSA) is 44.9 Å². The largest absolute Gasteiger partial charge is 0.358 e. The zero-order chi connectivity index (χ0) is 16.2. The second kappa shape index (κ2) is 6.65. The second-order valence-corrected chi connectivity index (χ2v) is 5.68. The highest BCUT2D eigenvalue weighted by Gasteiger charge is 2.08. The number of H-pyrrole nitrogens is 1. The Kier molecular flexibility index (Phi) is 4.42. The number of nitrogens with one attached hydrogen (secondary N) is 2. The van der Waals surface area contributed by atoms with Crippen molar-refractivity contribution >= 4 is 16.8 Å². The lowest BCUT2D eigenvalue weighted by molar-refractivity contribution is -0.120. The number of amides is 1. The van der Waals surface area contributed by atoms with Crippen molar-refractivity contribution in [1.29, 1.82) is 0 Å². The molecule has 3 nitrogen and oxygen atoms in total. The number of para-hydroxylation sites is 1. The van der Waals surface area contributed by atoms with Crippen LogP contribution in [0.1, 0.15) is 16.8 Å². The Hall–Kier alpha value is -2.62. The van der Waals surface area contributed by atoms with Gasteiger partial charge < -0.3 is 10.3 Å². The highest BCUT2D eigenvalue weighted by atomic mass is 19.1. The molecule has 0 bridgehead atoms. The maximum Gasteiger partial charge on any atom is 0.224 e. The summed E-state index contributed by atoms with van der Waals surface area (Å²) in [5.41, 5.74) is 4.31. The first kappa shape index (κ1) is 15.3. The summed E-state index contributed by atoms with van der Waals surface area (Å²) in [7, 11) is 0. The maximum absolute atomic E-state index is 12.8. The Bertz CT molecular complexity index is 821. The number of benzene rings is 2. The van der Waals surface area contributed by atoms with E-state index in [2.05, 4.69) is 29.4 Å². The first-order valence-electron chi connectivity index (χ1n) is 7.71. The molecule has 0 radical (unpaired) electrons. The number of halogens is 1. The molecule has 0 fully saturated rings. The van der Waals surface area contributed by atoms with Crippen LogP contribution in [0.25, 0.3) is 10.9 Å². The first-order chi connectivity index (χ1) is 11.1. The van der Waals surface area contributed by atoms with Crippen molar-refractivity contribution in [2.45, 2.75) is 19.8 Å². The van der Waals surface area contributed by atoms with Gasteiger partial charge in [-0.3, -0.25) is 4.79 Å². The van der Waals surface area contributed by atoms with Crippen molar-refractivity contribution in [3.8, 4) is 0 Å². The summed E-state index contributed by atoms with van der Waals surface area (Å²) in [4.78, 5) is 15.3. The van der Waals surface area contributed by atoms with Crippen LogP contribution in [0.15, 0.2) is 48.5 Å². The number of carbonyl (C=O) groups is 1. The number of aryl methyl sites for hydroxylation is 1. The predicted molar refractivity (Wildman–Crippen MR) is 89.9 cm³/mol. The highest BCUT2D eigenvalue weighted by Crippen LogP contribution is 2.21. The Morgan fingerprint density at radius 3 is 2.65 bits per heavy atom. The zero-order valence-corrected chi connectivity index (χ0v) is 13.0. The summed E-state index contributed by atoms with van der Waals surface area (Å²) in [6.07, 6.45) is 1.05. The van der Waals surface area contributed by atoms with E-state index >= 15 is 0 Å². The number of aromatic nitrogens is 1. The van der Waals surface area contributed by atoms with Gasteiger partial charge >= 0.3 is 0 Å². The standard InChI is InChI=1S/C19H19FN2O/c1-13-16(17-4-2-3-5-18(17)22-13)10-11-21-19(23)12-14-6-8-15(20)9-7-14/h2-9,22H,10-12H2,1H3,(H,21,23). The molecule has 0 aliphatic rings. The Labute approximate surface area is 134 Å². The van der Waals surface area contributed by atoms with Crippen LogP contribution >= 0.6 is 0 Å². The lowest BCUT2D eigenvalue weighted by Crippen LogP contribution is -2.27. The molecule has 0 saturated carbocycles. The van der Waals surface area contributed by atoms with Gasteiger partial charge in [-0.1, -0.05) is 30.3 Å². The van der Waals surface area contributed by atoms with E-state index in [0.717, 1.165) is 23.2 Å². The number of aromatic amines is 1. The monoisotopic (exact) mass is 310 g/mol. The van der Waals surface area contributed by atoms with E-state index < -0.39 is 0 Å². The molecule has 0 atom stereocenters. The van der Waals surface area contributed by atoms with Crippen LogP contribution in [0.3, 0.4) is 0 Å². The molecule has 0 aliphatic carbocycles. The molecular formula is C19H19FN2O. The zero-order valence-electron chi connectivity index (χ0n) is 13.0. The molecule has 118 valence electrons. The molecule has 3 rings (SSSR count). The van der Waals surface area contributed by atoms with Gasteiger partial charge in [-0.25, -0.2) is 4.39 Å². The van der Waals surface area contributed by atoms with Crippen molar-refractivity contribution in [1.82, 2.24) is 10.3 Å².